The number of hydrogen-bond acceptors (Lipinski definition) is 3. The maximum atomic E-state index is 12.1. The van der Waals surface area contributed by atoms with Crippen LogP contribution in [0.3, 0.4) is 0 Å². The molecule has 1 unspecified atom stereocenters. The summed E-state index contributed by atoms with van der Waals surface area (Å²) in [7, 11) is 0. The van der Waals surface area contributed by atoms with E-state index < -0.39 is 0 Å². The Morgan fingerprint density at radius 2 is 2.05 bits per heavy atom. The number of imide groups is 1. The van der Waals surface area contributed by atoms with Crippen LogP contribution < -0.4 is 5.32 Å². The van der Waals surface area contributed by atoms with E-state index in [4.69, 9.17) is 0 Å². The number of amides is 2. The van der Waals surface area contributed by atoms with E-state index >= 15 is 0 Å². The van der Waals surface area contributed by atoms with Crippen molar-refractivity contribution in [3.8, 4) is 0 Å². The Balaban J connectivity index is 2.07. The molecule has 108 valence electrons. The number of nitrogens with one attached hydrogen (secondary N) is 1. The molecule has 2 aromatic rings. The number of carbonyl (C=O) groups excluding carboxylic acids is 2. The molecular formula is C17H18N2O2. The first-order valence-corrected chi connectivity index (χ1v) is 7.28. The summed E-state index contributed by atoms with van der Waals surface area (Å²) in [6, 6.07) is 8.24. The van der Waals surface area contributed by atoms with Crippen molar-refractivity contribution >= 4 is 22.6 Å². The van der Waals surface area contributed by atoms with Gasteiger partial charge in [-0.15, -0.1) is 0 Å². The first-order valence-electron chi connectivity index (χ1n) is 7.28. The Labute approximate surface area is 123 Å². The van der Waals surface area contributed by atoms with Gasteiger partial charge in [-0.25, -0.2) is 0 Å². The van der Waals surface area contributed by atoms with Crippen LogP contribution in [0, 0.1) is 0 Å². The van der Waals surface area contributed by atoms with E-state index in [0.717, 1.165) is 16.5 Å². The third-order valence-corrected chi connectivity index (χ3v) is 4.06. The van der Waals surface area contributed by atoms with Gasteiger partial charge in [-0.2, -0.15) is 0 Å². The summed E-state index contributed by atoms with van der Waals surface area (Å²) < 4.78 is 0. The molecule has 1 aromatic carbocycles. The van der Waals surface area contributed by atoms with Crippen molar-refractivity contribution in [1.82, 2.24) is 10.3 Å². The van der Waals surface area contributed by atoms with E-state index in [-0.39, 0.29) is 17.7 Å². The van der Waals surface area contributed by atoms with E-state index in [2.05, 4.69) is 36.3 Å². The summed E-state index contributed by atoms with van der Waals surface area (Å²) in [5, 5.41) is 4.49. The van der Waals surface area contributed by atoms with Gasteiger partial charge in [0.25, 0.3) is 0 Å². The normalized spacial score (nSPS) is 19.1. The zero-order valence-electron chi connectivity index (χ0n) is 12.2. The summed E-state index contributed by atoms with van der Waals surface area (Å²) in [5.41, 5.74) is 2.04. The van der Waals surface area contributed by atoms with E-state index in [1.54, 1.807) is 6.20 Å². The fourth-order valence-corrected chi connectivity index (χ4v) is 2.81. The fourth-order valence-electron chi connectivity index (χ4n) is 2.81. The number of pyridine rings is 1. The van der Waals surface area contributed by atoms with Gasteiger partial charge in [0.15, 0.2) is 0 Å². The largest absolute Gasteiger partial charge is 0.296 e. The highest BCUT2D eigenvalue weighted by Crippen LogP contribution is 2.30. The first-order chi connectivity index (χ1) is 10.1. The Hall–Kier alpha value is -2.23. The van der Waals surface area contributed by atoms with Crippen molar-refractivity contribution in [3.05, 3.63) is 41.7 Å². The molecule has 21 heavy (non-hydrogen) atoms. The van der Waals surface area contributed by atoms with Crippen molar-refractivity contribution in [2.75, 3.05) is 0 Å². The van der Waals surface area contributed by atoms with Crippen molar-refractivity contribution in [3.63, 3.8) is 0 Å². The number of carbonyl (C=O) groups is 2. The van der Waals surface area contributed by atoms with Crippen molar-refractivity contribution < 1.29 is 9.59 Å². The van der Waals surface area contributed by atoms with Crippen LogP contribution in [0.15, 0.2) is 30.5 Å². The molecule has 4 heteroatoms. The number of aromatic nitrogens is 1. The molecule has 0 radical (unpaired) electrons. The third-order valence-electron chi connectivity index (χ3n) is 4.06. The van der Waals surface area contributed by atoms with Gasteiger partial charge in [0.1, 0.15) is 0 Å². The molecule has 0 spiro atoms. The maximum Gasteiger partial charge on any atom is 0.235 e. The van der Waals surface area contributed by atoms with Gasteiger partial charge in [-0.1, -0.05) is 32.0 Å². The lowest BCUT2D eigenvalue weighted by Gasteiger charge is -2.21. The lowest BCUT2D eigenvalue weighted by molar-refractivity contribution is -0.134. The van der Waals surface area contributed by atoms with E-state index in [1.165, 1.54) is 5.56 Å². The Morgan fingerprint density at radius 3 is 2.76 bits per heavy atom. The minimum Gasteiger partial charge on any atom is -0.296 e. The summed E-state index contributed by atoms with van der Waals surface area (Å²) in [6.45, 7) is 4.31. The molecule has 1 aromatic heterocycles. The van der Waals surface area contributed by atoms with Crippen molar-refractivity contribution in [1.29, 1.82) is 0 Å². The molecule has 1 N–H and O–H groups in total. The van der Waals surface area contributed by atoms with Gasteiger partial charge < -0.3 is 0 Å². The minimum atomic E-state index is -0.337. The molecule has 4 nitrogen and oxygen atoms in total. The third kappa shape index (κ3) is 2.53. The van der Waals surface area contributed by atoms with Crippen LogP contribution in [0.1, 0.15) is 49.8 Å². The summed E-state index contributed by atoms with van der Waals surface area (Å²) in [4.78, 5) is 27.7. The van der Waals surface area contributed by atoms with Crippen molar-refractivity contribution in [2.45, 2.75) is 38.5 Å². The number of hydrogen-bond donors (Lipinski definition) is 1. The molecule has 2 heterocycles. The van der Waals surface area contributed by atoms with Gasteiger partial charge in [0.2, 0.25) is 11.8 Å². The monoisotopic (exact) mass is 282 g/mol. The molecule has 1 aliphatic heterocycles. The van der Waals surface area contributed by atoms with E-state index in [9.17, 15) is 9.59 Å². The van der Waals surface area contributed by atoms with Gasteiger partial charge in [-0.3, -0.25) is 19.9 Å². The van der Waals surface area contributed by atoms with E-state index in [0.29, 0.717) is 18.8 Å². The molecule has 1 atom stereocenters. The maximum absolute atomic E-state index is 12.1. The average molecular weight is 282 g/mol. The number of rotatable bonds is 2. The molecule has 1 aliphatic rings. The second-order valence-electron chi connectivity index (χ2n) is 5.84. The summed E-state index contributed by atoms with van der Waals surface area (Å²) in [6.07, 6.45) is 2.65. The number of piperidine rings is 1. The Morgan fingerprint density at radius 1 is 1.24 bits per heavy atom. The van der Waals surface area contributed by atoms with Crippen LogP contribution in [0.2, 0.25) is 0 Å². The quantitative estimate of drug-likeness (QED) is 0.862. The van der Waals surface area contributed by atoms with Gasteiger partial charge in [0.05, 0.1) is 11.6 Å². The summed E-state index contributed by atoms with van der Waals surface area (Å²) >= 11 is 0. The molecule has 0 bridgehead atoms. The predicted octanol–water partition coefficient (Wildman–Crippen LogP) is 2.88. The zero-order valence-corrected chi connectivity index (χ0v) is 12.2. The SMILES string of the molecule is CC(C)c1ccc2c(C3CCC(=O)NC3=O)nccc2c1. The molecule has 1 fully saturated rings. The number of benzene rings is 1. The number of nitrogens with zero attached hydrogens (tertiary/aromatic N) is 1. The van der Waals surface area contributed by atoms with Crippen LogP contribution in [-0.2, 0) is 9.59 Å². The van der Waals surface area contributed by atoms with Crippen LogP contribution in [-0.4, -0.2) is 16.8 Å². The molecule has 0 aliphatic carbocycles. The highest BCUT2D eigenvalue weighted by atomic mass is 16.2. The smallest absolute Gasteiger partial charge is 0.235 e. The molecule has 2 amide bonds. The molecular weight excluding hydrogens is 264 g/mol. The van der Waals surface area contributed by atoms with Crippen molar-refractivity contribution in [2.24, 2.45) is 0 Å². The standard InChI is InChI=1S/C17H18N2O2/c1-10(2)11-3-4-13-12(9-11)7-8-18-16(13)14-5-6-15(20)19-17(14)21/h3-4,7-10,14H,5-6H2,1-2H3,(H,19,20,21). The van der Waals surface area contributed by atoms with Gasteiger partial charge >= 0.3 is 0 Å². The molecule has 3 rings (SSSR count). The van der Waals surface area contributed by atoms with Crippen LogP contribution in [0.25, 0.3) is 10.8 Å². The lowest BCUT2D eigenvalue weighted by Crippen LogP contribution is -2.39. The number of fused-ring (bicyclic) bond motifs is 1. The van der Waals surface area contributed by atoms with Crippen LogP contribution in [0.5, 0.6) is 0 Å². The van der Waals surface area contributed by atoms with E-state index in [1.807, 2.05) is 12.1 Å². The molecule has 0 saturated carbocycles. The fraction of sp³-hybridized carbons (Fsp3) is 0.353. The van der Waals surface area contributed by atoms with Crippen LogP contribution in [0.4, 0.5) is 0 Å². The topological polar surface area (TPSA) is 59.1 Å². The average Bonchev–Trinajstić information content (AvgIpc) is 2.46. The van der Waals surface area contributed by atoms with Crippen LogP contribution >= 0.6 is 0 Å². The summed E-state index contributed by atoms with van der Waals surface area (Å²) in [5.74, 6) is -0.310. The van der Waals surface area contributed by atoms with Gasteiger partial charge in [0, 0.05) is 18.0 Å². The minimum absolute atomic E-state index is 0.196. The van der Waals surface area contributed by atoms with Gasteiger partial charge in [-0.05, 0) is 29.4 Å². The second-order valence-corrected chi connectivity index (χ2v) is 5.84. The first kappa shape index (κ1) is 13.7. The Bertz CT molecular complexity index is 722. The lowest BCUT2D eigenvalue weighted by atomic mass is 9.90. The highest BCUT2D eigenvalue weighted by molar-refractivity contribution is 6.02. The molecule has 1 saturated heterocycles. The second kappa shape index (κ2) is 5.28. The predicted molar refractivity (Wildman–Crippen MR) is 81.0 cm³/mol. The zero-order chi connectivity index (χ0) is 15.0. The highest BCUT2D eigenvalue weighted by Gasteiger charge is 2.30. The Kier molecular flexibility index (Phi) is 3.45.